The first-order valence-electron chi connectivity index (χ1n) is 10.7. The maximum absolute atomic E-state index is 13.9. The molecule has 0 unspecified atom stereocenters. The Hall–Kier alpha value is -3.96. The number of carbonyl (C=O) groups excluding carboxylic acids is 4. The third-order valence-electron chi connectivity index (χ3n) is 5.96. The zero-order valence-electron chi connectivity index (χ0n) is 18.0. The number of anilines is 1. The van der Waals surface area contributed by atoms with E-state index < -0.39 is 53.5 Å². The number of hydrogen-bond donors (Lipinski definition) is 3. The van der Waals surface area contributed by atoms with Gasteiger partial charge in [-0.25, -0.2) is 13.6 Å². The molecule has 180 valence electrons. The molecule has 3 heterocycles. The van der Waals surface area contributed by atoms with E-state index in [4.69, 9.17) is 10.2 Å². The summed E-state index contributed by atoms with van der Waals surface area (Å²) in [7, 11) is 0. The molecule has 34 heavy (non-hydrogen) atoms. The number of benzene rings is 1. The zero-order chi connectivity index (χ0) is 24.4. The Bertz CT molecular complexity index is 1110. The topological polar surface area (TPSA) is 138 Å². The fourth-order valence-corrected chi connectivity index (χ4v) is 4.39. The van der Waals surface area contributed by atoms with Crippen molar-refractivity contribution in [1.29, 1.82) is 0 Å². The van der Waals surface area contributed by atoms with Gasteiger partial charge in [-0.15, -0.1) is 0 Å². The molecule has 0 spiro atoms. The summed E-state index contributed by atoms with van der Waals surface area (Å²) in [6, 6.07) is 2.52. The number of carbonyl (C=O) groups is 4. The number of halogens is 2. The number of primary amides is 1. The second-order valence-corrected chi connectivity index (χ2v) is 8.20. The minimum absolute atomic E-state index is 0.0177. The van der Waals surface area contributed by atoms with E-state index >= 15 is 0 Å². The van der Waals surface area contributed by atoms with Crippen molar-refractivity contribution in [2.45, 2.75) is 37.4 Å². The molecule has 12 heteroatoms. The molecule has 2 aliphatic heterocycles. The van der Waals surface area contributed by atoms with Crippen LogP contribution in [0.5, 0.6) is 0 Å². The van der Waals surface area contributed by atoms with Crippen LogP contribution in [0, 0.1) is 11.6 Å². The summed E-state index contributed by atoms with van der Waals surface area (Å²) in [6.07, 6.45) is 2.43. The minimum Gasteiger partial charge on any atom is -0.459 e. The Balaban J connectivity index is 1.50. The van der Waals surface area contributed by atoms with Crippen LogP contribution in [0.4, 0.5) is 19.3 Å². The van der Waals surface area contributed by atoms with Crippen LogP contribution >= 0.6 is 0 Å². The first kappa shape index (κ1) is 23.2. The van der Waals surface area contributed by atoms with Crippen LogP contribution in [0.2, 0.25) is 0 Å². The van der Waals surface area contributed by atoms with Crippen LogP contribution < -0.4 is 16.4 Å². The lowest BCUT2D eigenvalue weighted by molar-refractivity contribution is -0.140. The van der Waals surface area contributed by atoms with Crippen molar-refractivity contribution in [3.63, 3.8) is 0 Å². The van der Waals surface area contributed by atoms with Gasteiger partial charge in [0.15, 0.2) is 5.76 Å². The van der Waals surface area contributed by atoms with Gasteiger partial charge in [-0.05, 0) is 43.5 Å². The smallest absolute Gasteiger partial charge is 0.319 e. The summed E-state index contributed by atoms with van der Waals surface area (Å²) in [5, 5.41) is 4.90. The van der Waals surface area contributed by atoms with Crippen molar-refractivity contribution in [3.05, 3.63) is 54.0 Å². The molecule has 0 saturated carbocycles. The third-order valence-corrected chi connectivity index (χ3v) is 5.96. The van der Waals surface area contributed by atoms with E-state index in [2.05, 4.69) is 10.6 Å². The van der Waals surface area contributed by atoms with E-state index in [1.807, 2.05) is 0 Å². The highest BCUT2D eigenvalue weighted by atomic mass is 19.1. The van der Waals surface area contributed by atoms with E-state index in [1.54, 1.807) is 0 Å². The maximum atomic E-state index is 13.9. The summed E-state index contributed by atoms with van der Waals surface area (Å²) in [4.78, 5) is 53.2. The standard InChI is InChI=1S/C22H23F2N5O5/c23-12-5-6-15(14(24)9-12)27-22(33)26-13-10-17(20(31)28-7-1-3-16(28)19(25)30)29(11-13)21(32)18-4-2-8-34-18/h2,4-6,8-9,13,16-17H,1,3,7,10-11H2,(H2,25,30)(H2,26,27,33)/t13-,16+,17-/m0/s1. The molecule has 2 aromatic rings. The molecular weight excluding hydrogens is 452 g/mol. The second-order valence-electron chi connectivity index (χ2n) is 8.20. The number of likely N-dealkylation sites (tertiary alicyclic amines) is 2. The quantitative estimate of drug-likeness (QED) is 0.601. The number of urea groups is 1. The summed E-state index contributed by atoms with van der Waals surface area (Å²) in [5.74, 6) is -3.34. The van der Waals surface area contributed by atoms with Crippen molar-refractivity contribution in [1.82, 2.24) is 15.1 Å². The molecule has 4 rings (SSSR count). The number of rotatable bonds is 5. The molecule has 4 N–H and O–H groups in total. The van der Waals surface area contributed by atoms with E-state index in [0.717, 1.165) is 12.1 Å². The van der Waals surface area contributed by atoms with E-state index in [-0.39, 0.29) is 24.4 Å². The fraction of sp³-hybridized carbons (Fsp3) is 0.364. The number of hydrogen-bond acceptors (Lipinski definition) is 5. The van der Waals surface area contributed by atoms with E-state index in [9.17, 15) is 28.0 Å². The lowest BCUT2D eigenvalue weighted by Crippen LogP contribution is -2.52. The van der Waals surface area contributed by atoms with Gasteiger partial charge in [0.1, 0.15) is 23.7 Å². The predicted molar refractivity (Wildman–Crippen MR) is 114 cm³/mol. The van der Waals surface area contributed by atoms with Crippen LogP contribution in [0.3, 0.4) is 0 Å². The largest absolute Gasteiger partial charge is 0.459 e. The molecule has 1 aromatic heterocycles. The molecule has 0 radical (unpaired) electrons. The Morgan fingerprint density at radius 2 is 1.88 bits per heavy atom. The maximum Gasteiger partial charge on any atom is 0.319 e. The molecule has 1 aromatic carbocycles. The van der Waals surface area contributed by atoms with Crippen LogP contribution in [-0.4, -0.2) is 64.8 Å². The van der Waals surface area contributed by atoms with Gasteiger partial charge < -0.3 is 30.6 Å². The van der Waals surface area contributed by atoms with Gasteiger partial charge in [0.2, 0.25) is 11.8 Å². The highest BCUT2D eigenvalue weighted by Gasteiger charge is 2.45. The summed E-state index contributed by atoms with van der Waals surface area (Å²) in [6.45, 7) is 0.304. The van der Waals surface area contributed by atoms with Gasteiger partial charge in [-0.2, -0.15) is 0 Å². The molecular formula is C22H23F2N5O5. The van der Waals surface area contributed by atoms with Gasteiger partial charge in [-0.1, -0.05) is 0 Å². The van der Waals surface area contributed by atoms with Crippen molar-refractivity contribution < 1.29 is 32.4 Å². The van der Waals surface area contributed by atoms with Crippen LogP contribution in [0.25, 0.3) is 0 Å². The number of furan rings is 1. The van der Waals surface area contributed by atoms with Gasteiger partial charge in [0.25, 0.3) is 5.91 Å². The van der Waals surface area contributed by atoms with Gasteiger partial charge >= 0.3 is 6.03 Å². The third kappa shape index (κ3) is 4.70. The lowest BCUT2D eigenvalue weighted by atomic mass is 10.1. The van der Waals surface area contributed by atoms with Crippen molar-refractivity contribution in [3.8, 4) is 0 Å². The monoisotopic (exact) mass is 475 g/mol. The highest BCUT2D eigenvalue weighted by Crippen LogP contribution is 2.27. The second kappa shape index (κ2) is 9.49. The Morgan fingerprint density at radius 1 is 1.09 bits per heavy atom. The SMILES string of the molecule is NC(=O)[C@H]1CCCN1C(=O)[C@@H]1C[C@H](NC(=O)Nc2ccc(F)cc2F)CN1C(=O)c1ccco1. The highest BCUT2D eigenvalue weighted by molar-refractivity contribution is 5.97. The zero-order valence-corrected chi connectivity index (χ0v) is 18.0. The average Bonchev–Trinajstić information content (AvgIpc) is 3.55. The summed E-state index contributed by atoms with van der Waals surface area (Å²) >= 11 is 0. The van der Waals surface area contributed by atoms with Crippen LogP contribution in [0.15, 0.2) is 41.0 Å². The van der Waals surface area contributed by atoms with Crippen LogP contribution in [0.1, 0.15) is 29.8 Å². The first-order valence-corrected chi connectivity index (χ1v) is 10.7. The molecule has 10 nitrogen and oxygen atoms in total. The molecule has 5 amide bonds. The summed E-state index contributed by atoms with van der Waals surface area (Å²) in [5.41, 5.74) is 5.21. The molecule has 0 aliphatic carbocycles. The Morgan fingerprint density at radius 3 is 2.56 bits per heavy atom. The predicted octanol–water partition coefficient (Wildman–Crippen LogP) is 1.44. The van der Waals surface area contributed by atoms with Crippen molar-refractivity contribution >= 4 is 29.4 Å². The Kier molecular flexibility index (Phi) is 6.48. The first-order chi connectivity index (χ1) is 16.2. The van der Waals surface area contributed by atoms with E-state index in [0.29, 0.717) is 25.5 Å². The summed E-state index contributed by atoms with van der Waals surface area (Å²) < 4.78 is 32.1. The van der Waals surface area contributed by atoms with Gasteiger partial charge in [-0.3, -0.25) is 14.4 Å². The lowest BCUT2D eigenvalue weighted by Gasteiger charge is -2.29. The average molecular weight is 475 g/mol. The van der Waals surface area contributed by atoms with Crippen LogP contribution in [-0.2, 0) is 9.59 Å². The number of nitrogens with zero attached hydrogens (tertiary/aromatic N) is 2. The number of nitrogens with two attached hydrogens (primary N) is 1. The fourth-order valence-electron chi connectivity index (χ4n) is 4.39. The Labute approximate surface area is 193 Å². The minimum atomic E-state index is -0.967. The van der Waals surface area contributed by atoms with Gasteiger partial charge in [0.05, 0.1) is 18.0 Å². The van der Waals surface area contributed by atoms with Gasteiger partial charge in [0, 0.05) is 19.2 Å². The number of nitrogens with one attached hydrogen (secondary N) is 2. The normalized spacial score (nSPS) is 22.0. The molecule has 2 fully saturated rings. The molecule has 2 aliphatic rings. The van der Waals surface area contributed by atoms with E-state index in [1.165, 1.54) is 28.2 Å². The van der Waals surface area contributed by atoms with Crippen molar-refractivity contribution in [2.75, 3.05) is 18.4 Å². The molecule has 2 saturated heterocycles. The molecule has 0 bridgehead atoms. The number of amides is 5. The molecule has 3 atom stereocenters. The van der Waals surface area contributed by atoms with Crippen molar-refractivity contribution in [2.24, 2.45) is 5.73 Å².